The van der Waals surface area contributed by atoms with E-state index in [9.17, 15) is 4.79 Å². The lowest BCUT2D eigenvalue weighted by Gasteiger charge is -2.31. The number of benzene rings is 1. The van der Waals surface area contributed by atoms with E-state index in [1.165, 1.54) is 5.56 Å². The molecule has 8 heteroatoms. The minimum absolute atomic E-state index is 0.0471. The van der Waals surface area contributed by atoms with Gasteiger partial charge in [0, 0.05) is 19.3 Å². The molecule has 164 valence electrons. The van der Waals surface area contributed by atoms with Crippen LogP contribution < -0.4 is 10.2 Å². The number of rotatable bonds is 5. The van der Waals surface area contributed by atoms with E-state index in [1.54, 1.807) is 17.5 Å². The van der Waals surface area contributed by atoms with Gasteiger partial charge in [-0.2, -0.15) is 10.1 Å². The Bertz CT molecular complexity index is 1230. The zero-order valence-corrected chi connectivity index (χ0v) is 19.1. The molecule has 0 radical (unpaired) electrons. The maximum atomic E-state index is 12.8. The number of anilines is 1. The molecule has 3 aromatic heterocycles. The Labute approximate surface area is 191 Å². The van der Waals surface area contributed by atoms with Gasteiger partial charge in [0.2, 0.25) is 5.91 Å². The standard InChI is InChI=1S/C24H26N6OS/c1-16-8-10-20(11-9-16)30-22-21(17(2)28-30)32-24(27-22)29-13-5-6-18(15-29)23(31)26-14-19-7-3-4-12-25-19/h3-4,7-12,18H,5-6,13-15H2,1-2H3,(H,26,31). The summed E-state index contributed by atoms with van der Waals surface area (Å²) in [5.74, 6) is 0.0395. The number of fused-ring (bicyclic) bond motifs is 1. The Morgan fingerprint density at radius 1 is 1.19 bits per heavy atom. The smallest absolute Gasteiger partial charge is 0.225 e. The molecule has 1 fully saturated rings. The molecule has 1 atom stereocenters. The number of nitrogens with zero attached hydrogens (tertiary/aromatic N) is 5. The maximum Gasteiger partial charge on any atom is 0.225 e. The van der Waals surface area contributed by atoms with Gasteiger partial charge in [-0.15, -0.1) is 0 Å². The zero-order valence-electron chi connectivity index (χ0n) is 18.3. The van der Waals surface area contributed by atoms with Gasteiger partial charge in [0.05, 0.1) is 34.2 Å². The first-order valence-electron chi connectivity index (χ1n) is 10.9. The molecule has 1 aliphatic heterocycles. The monoisotopic (exact) mass is 446 g/mol. The average molecular weight is 447 g/mol. The van der Waals surface area contributed by atoms with Crippen LogP contribution in [0.2, 0.25) is 0 Å². The van der Waals surface area contributed by atoms with Crippen molar-refractivity contribution in [3.8, 4) is 5.69 Å². The van der Waals surface area contributed by atoms with Gasteiger partial charge in [-0.05, 0) is 51.0 Å². The van der Waals surface area contributed by atoms with E-state index in [0.29, 0.717) is 13.1 Å². The van der Waals surface area contributed by atoms with E-state index in [2.05, 4.69) is 46.4 Å². The molecule has 4 heterocycles. The van der Waals surface area contributed by atoms with Gasteiger partial charge in [0.15, 0.2) is 10.8 Å². The number of nitrogens with one attached hydrogen (secondary N) is 1. The third-order valence-corrected chi connectivity index (χ3v) is 7.10. The number of amides is 1. The number of hydrogen-bond donors (Lipinski definition) is 1. The van der Waals surface area contributed by atoms with E-state index in [-0.39, 0.29) is 11.8 Å². The van der Waals surface area contributed by atoms with E-state index < -0.39 is 0 Å². The van der Waals surface area contributed by atoms with Crippen LogP contribution in [0, 0.1) is 19.8 Å². The first-order valence-corrected chi connectivity index (χ1v) is 11.8. The quantitative estimate of drug-likeness (QED) is 0.501. The van der Waals surface area contributed by atoms with Crippen molar-refractivity contribution >= 4 is 32.7 Å². The topological polar surface area (TPSA) is 75.9 Å². The number of aryl methyl sites for hydroxylation is 2. The molecular weight excluding hydrogens is 420 g/mol. The van der Waals surface area contributed by atoms with Crippen molar-refractivity contribution in [3.63, 3.8) is 0 Å². The second-order valence-corrected chi connectivity index (χ2v) is 9.28. The van der Waals surface area contributed by atoms with Crippen LogP contribution in [0.5, 0.6) is 0 Å². The highest BCUT2D eigenvalue weighted by atomic mass is 32.1. The molecule has 5 rings (SSSR count). The van der Waals surface area contributed by atoms with E-state index in [1.807, 2.05) is 29.8 Å². The number of piperidine rings is 1. The molecule has 1 aromatic carbocycles. The van der Waals surface area contributed by atoms with Gasteiger partial charge >= 0.3 is 0 Å². The fourth-order valence-electron chi connectivity index (χ4n) is 4.11. The molecular formula is C24H26N6OS. The highest BCUT2D eigenvalue weighted by Crippen LogP contribution is 2.34. The Morgan fingerprint density at radius 3 is 2.81 bits per heavy atom. The van der Waals surface area contributed by atoms with Crippen LogP contribution in [0.4, 0.5) is 5.13 Å². The number of carbonyl (C=O) groups is 1. The number of aromatic nitrogens is 4. The molecule has 4 aromatic rings. The number of hydrogen-bond acceptors (Lipinski definition) is 6. The lowest BCUT2D eigenvalue weighted by atomic mass is 9.97. The second-order valence-electron chi connectivity index (χ2n) is 8.31. The van der Waals surface area contributed by atoms with Crippen LogP contribution in [0.15, 0.2) is 48.7 Å². The van der Waals surface area contributed by atoms with E-state index in [0.717, 1.165) is 51.9 Å². The first kappa shape index (κ1) is 20.6. The molecule has 1 amide bonds. The zero-order chi connectivity index (χ0) is 22.1. The van der Waals surface area contributed by atoms with Crippen molar-refractivity contribution in [2.75, 3.05) is 18.0 Å². The van der Waals surface area contributed by atoms with Crippen LogP contribution in [0.1, 0.15) is 29.8 Å². The maximum absolute atomic E-state index is 12.8. The minimum Gasteiger partial charge on any atom is -0.350 e. The number of thiazole rings is 1. The van der Waals surface area contributed by atoms with Crippen LogP contribution in [-0.4, -0.2) is 38.7 Å². The highest BCUT2D eigenvalue weighted by molar-refractivity contribution is 7.22. The summed E-state index contributed by atoms with van der Waals surface area (Å²) in [6, 6.07) is 14.1. The number of carbonyl (C=O) groups excluding carboxylic acids is 1. The summed E-state index contributed by atoms with van der Waals surface area (Å²) in [5, 5.41) is 8.72. The summed E-state index contributed by atoms with van der Waals surface area (Å²) in [5.41, 5.74) is 4.96. The molecule has 7 nitrogen and oxygen atoms in total. The van der Waals surface area contributed by atoms with Gasteiger partial charge in [-0.3, -0.25) is 9.78 Å². The lowest BCUT2D eigenvalue weighted by Crippen LogP contribution is -2.43. The third-order valence-electron chi connectivity index (χ3n) is 5.89. The van der Waals surface area contributed by atoms with Crippen LogP contribution >= 0.6 is 11.3 Å². The second kappa shape index (κ2) is 8.70. The molecule has 32 heavy (non-hydrogen) atoms. The molecule has 1 N–H and O–H groups in total. The van der Waals surface area contributed by atoms with Crippen molar-refractivity contribution in [1.82, 2.24) is 25.1 Å². The predicted molar refractivity (Wildman–Crippen MR) is 127 cm³/mol. The van der Waals surface area contributed by atoms with Crippen molar-refractivity contribution in [2.24, 2.45) is 5.92 Å². The van der Waals surface area contributed by atoms with E-state index >= 15 is 0 Å². The molecule has 0 bridgehead atoms. The van der Waals surface area contributed by atoms with Crippen LogP contribution in [-0.2, 0) is 11.3 Å². The van der Waals surface area contributed by atoms with Crippen LogP contribution in [0.3, 0.4) is 0 Å². The predicted octanol–water partition coefficient (Wildman–Crippen LogP) is 4.03. The number of pyridine rings is 1. The molecule has 0 aliphatic carbocycles. The highest BCUT2D eigenvalue weighted by Gasteiger charge is 2.28. The summed E-state index contributed by atoms with van der Waals surface area (Å²) < 4.78 is 3.02. The summed E-state index contributed by atoms with van der Waals surface area (Å²) in [4.78, 5) is 24.3. The van der Waals surface area contributed by atoms with Crippen molar-refractivity contribution in [3.05, 3.63) is 65.6 Å². The molecule has 1 aliphatic rings. The minimum atomic E-state index is -0.0471. The Morgan fingerprint density at radius 2 is 2.03 bits per heavy atom. The van der Waals surface area contributed by atoms with Crippen LogP contribution in [0.25, 0.3) is 16.0 Å². The fraction of sp³-hybridized carbons (Fsp3) is 0.333. The molecule has 0 saturated carbocycles. The Hall–Kier alpha value is -3.26. The van der Waals surface area contributed by atoms with Gasteiger partial charge in [-0.25, -0.2) is 4.68 Å². The Balaban J connectivity index is 1.33. The summed E-state index contributed by atoms with van der Waals surface area (Å²) >= 11 is 1.66. The van der Waals surface area contributed by atoms with E-state index in [4.69, 9.17) is 10.1 Å². The fourth-order valence-corrected chi connectivity index (χ4v) is 5.14. The Kier molecular flexibility index (Phi) is 5.61. The largest absolute Gasteiger partial charge is 0.350 e. The first-order chi connectivity index (χ1) is 15.6. The normalized spacial score (nSPS) is 16.4. The van der Waals surface area contributed by atoms with Crippen molar-refractivity contribution in [2.45, 2.75) is 33.2 Å². The molecule has 0 spiro atoms. The SMILES string of the molecule is Cc1ccc(-n2nc(C)c3sc(N4CCCC(C(=O)NCc5ccccn5)C4)nc32)cc1. The van der Waals surface area contributed by atoms with Gasteiger partial charge in [0.25, 0.3) is 0 Å². The van der Waals surface area contributed by atoms with Crippen molar-refractivity contribution in [1.29, 1.82) is 0 Å². The molecule has 1 unspecified atom stereocenters. The summed E-state index contributed by atoms with van der Waals surface area (Å²) in [6.45, 7) is 6.16. The average Bonchev–Trinajstić information content (AvgIpc) is 3.39. The third kappa shape index (κ3) is 4.10. The summed E-state index contributed by atoms with van der Waals surface area (Å²) in [6.07, 6.45) is 3.61. The van der Waals surface area contributed by atoms with Gasteiger partial charge in [0.1, 0.15) is 0 Å². The lowest BCUT2D eigenvalue weighted by molar-refractivity contribution is -0.125. The van der Waals surface area contributed by atoms with Gasteiger partial charge < -0.3 is 10.2 Å². The van der Waals surface area contributed by atoms with Crippen molar-refractivity contribution < 1.29 is 4.79 Å². The van der Waals surface area contributed by atoms with Gasteiger partial charge in [-0.1, -0.05) is 35.1 Å². The summed E-state index contributed by atoms with van der Waals surface area (Å²) in [7, 11) is 0. The molecule has 1 saturated heterocycles.